The number of hydrogen-bond donors (Lipinski definition) is 1. The Morgan fingerprint density at radius 1 is 1.53 bits per heavy atom. The average Bonchev–Trinajstić information content (AvgIpc) is 2.77. The van der Waals surface area contributed by atoms with E-state index in [0.29, 0.717) is 6.42 Å². The number of nitrogens with zero attached hydrogens (tertiary/aromatic N) is 3. The molecule has 0 saturated heterocycles. The predicted octanol–water partition coefficient (Wildman–Crippen LogP) is 1.82. The molecule has 2 atom stereocenters. The van der Waals surface area contributed by atoms with E-state index < -0.39 is 5.97 Å². The molecule has 1 heterocycles. The number of aryl methyl sites for hydroxylation is 1. The van der Waals surface area contributed by atoms with E-state index in [1.54, 1.807) is 6.33 Å². The number of hydrogen-bond acceptors (Lipinski definition) is 3. The van der Waals surface area contributed by atoms with Gasteiger partial charge in [-0.3, -0.25) is 4.79 Å². The Balaban J connectivity index is 2.27. The topological polar surface area (TPSA) is 68.0 Å². The number of allylic oxidation sites excluding steroid dienone is 2. The monoisotopic (exact) mass is 235 g/mol. The molecule has 0 fully saturated rings. The molecule has 2 unspecified atom stereocenters. The van der Waals surface area contributed by atoms with Crippen molar-refractivity contribution in [2.45, 2.75) is 38.6 Å². The maximum absolute atomic E-state index is 11.2. The lowest BCUT2D eigenvalue weighted by atomic mass is 9.82. The van der Waals surface area contributed by atoms with Crippen LogP contribution in [0.1, 0.15) is 37.9 Å². The highest BCUT2D eigenvalue weighted by atomic mass is 16.4. The van der Waals surface area contributed by atoms with E-state index in [2.05, 4.69) is 17.1 Å². The summed E-state index contributed by atoms with van der Waals surface area (Å²) in [5.41, 5.74) is 0. The predicted molar refractivity (Wildman–Crippen MR) is 62.6 cm³/mol. The van der Waals surface area contributed by atoms with Crippen LogP contribution in [0.2, 0.25) is 0 Å². The molecule has 1 aromatic rings. The first kappa shape index (κ1) is 11.8. The third-order valence-corrected chi connectivity index (χ3v) is 3.19. The van der Waals surface area contributed by atoms with Gasteiger partial charge in [0.15, 0.2) is 0 Å². The number of carbonyl (C=O) groups is 1. The van der Waals surface area contributed by atoms with Crippen LogP contribution in [0.25, 0.3) is 0 Å². The Bertz CT molecular complexity index is 425. The minimum Gasteiger partial charge on any atom is -0.481 e. The maximum atomic E-state index is 11.2. The molecule has 2 rings (SSSR count). The summed E-state index contributed by atoms with van der Waals surface area (Å²) < 4.78 is 1.97. The Kier molecular flexibility index (Phi) is 3.56. The zero-order chi connectivity index (χ0) is 12.3. The minimum absolute atomic E-state index is 0.0495. The second-order valence-corrected chi connectivity index (χ2v) is 4.38. The fourth-order valence-corrected chi connectivity index (χ4v) is 2.34. The molecule has 0 saturated carbocycles. The Labute approximate surface area is 100 Å². The van der Waals surface area contributed by atoms with Gasteiger partial charge in [-0.25, -0.2) is 0 Å². The summed E-state index contributed by atoms with van der Waals surface area (Å²) >= 11 is 0. The van der Waals surface area contributed by atoms with Gasteiger partial charge in [-0.15, -0.1) is 10.2 Å². The lowest BCUT2D eigenvalue weighted by Gasteiger charge is -2.24. The SMILES string of the molecule is CCCn1cnnc1C1CC=CCC1C(=O)O. The van der Waals surface area contributed by atoms with Crippen molar-refractivity contribution in [2.24, 2.45) is 5.92 Å². The Morgan fingerprint density at radius 3 is 3.00 bits per heavy atom. The summed E-state index contributed by atoms with van der Waals surface area (Å²) in [6, 6.07) is 0. The first-order chi connectivity index (χ1) is 8.24. The number of rotatable bonds is 4. The molecule has 1 aliphatic carbocycles. The molecule has 5 heteroatoms. The summed E-state index contributed by atoms with van der Waals surface area (Å²) in [5.74, 6) is -0.361. The van der Waals surface area contributed by atoms with Gasteiger partial charge in [0.2, 0.25) is 0 Å². The minimum atomic E-state index is -0.745. The Hall–Kier alpha value is -1.65. The highest BCUT2D eigenvalue weighted by Gasteiger charge is 2.32. The molecule has 0 aromatic carbocycles. The first-order valence-electron chi connectivity index (χ1n) is 5.99. The van der Waals surface area contributed by atoms with Crippen LogP contribution in [0.3, 0.4) is 0 Å². The number of carboxylic acids is 1. The van der Waals surface area contributed by atoms with Crippen LogP contribution in [-0.2, 0) is 11.3 Å². The lowest BCUT2D eigenvalue weighted by Crippen LogP contribution is -2.26. The summed E-state index contributed by atoms with van der Waals surface area (Å²) in [6.45, 7) is 2.92. The van der Waals surface area contributed by atoms with Crippen LogP contribution in [0.5, 0.6) is 0 Å². The largest absolute Gasteiger partial charge is 0.481 e. The van der Waals surface area contributed by atoms with Crippen molar-refractivity contribution in [1.29, 1.82) is 0 Å². The summed E-state index contributed by atoms with van der Waals surface area (Å²) in [5, 5.41) is 17.2. The van der Waals surface area contributed by atoms with Gasteiger partial charge in [0.05, 0.1) is 5.92 Å². The molecule has 17 heavy (non-hydrogen) atoms. The molecule has 1 aliphatic rings. The molecule has 1 aromatic heterocycles. The van der Waals surface area contributed by atoms with Gasteiger partial charge < -0.3 is 9.67 Å². The van der Waals surface area contributed by atoms with Crippen LogP contribution in [-0.4, -0.2) is 25.8 Å². The molecular formula is C12H17N3O2. The van der Waals surface area contributed by atoms with Crippen molar-refractivity contribution in [2.75, 3.05) is 0 Å². The molecule has 0 radical (unpaired) electrons. The second-order valence-electron chi connectivity index (χ2n) is 4.38. The van der Waals surface area contributed by atoms with Crippen LogP contribution >= 0.6 is 0 Å². The van der Waals surface area contributed by atoms with E-state index in [4.69, 9.17) is 0 Å². The van der Waals surface area contributed by atoms with Gasteiger partial charge in [0.25, 0.3) is 0 Å². The fourth-order valence-electron chi connectivity index (χ4n) is 2.34. The Morgan fingerprint density at radius 2 is 2.29 bits per heavy atom. The molecule has 0 spiro atoms. The molecule has 0 amide bonds. The van der Waals surface area contributed by atoms with Crippen molar-refractivity contribution >= 4 is 5.97 Å². The van der Waals surface area contributed by atoms with Gasteiger partial charge in [-0.05, 0) is 19.3 Å². The standard InChI is InChI=1S/C12H17N3O2/c1-2-7-15-8-13-14-11(15)9-5-3-4-6-10(9)12(16)17/h3-4,8-10H,2,5-7H2,1H3,(H,16,17). The fraction of sp³-hybridized carbons (Fsp3) is 0.583. The smallest absolute Gasteiger partial charge is 0.307 e. The van der Waals surface area contributed by atoms with Crippen molar-refractivity contribution in [3.63, 3.8) is 0 Å². The molecular weight excluding hydrogens is 218 g/mol. The van der Waals surface area contributed by atoms with E-state index in [1.807, 2.05) is 16.7 Å². The van der Waals surface area contributed by atoms with Crippen molar-refractivity contribution in [3.05, 3.63) is 24.3 Å². The van der Waals surface area contributed by atoms with Gasteiger partial charge in [0.1, 0.15) is 12.2 Å². The van der Waals surface area contributed by atoms with Crippen LogP contribution in [0.4, 0.5) is 0 Å². The normalized spacial score (nSPS) is 23.8. The van der Waals surface area contributed by atoms with Crippen LogP contribution in [0.15, 0.2) is 18.5 Å². The van der Waals surface area contributed by atoms with E-state index in [-0.39, 0.29) is 11.8 Å². The zero-order valence-electron chi connectivity index (χ0n) is 9.91. The first-order valence-corrected chi connectivity index (χ1v) is 5.99. The van der Waals surface area contributed by atoms with Crippen molar-refractivity contribution in [3.8, 4) is 0 Å². The summed E-state index contributed by atoms with van der Waals surface area (Å²) in [6.07, 6.45) is 7.98. The lowest BCUT2D eigenvalue weighted by molar-refractivity contribution is -0.142. The highest BCUT2D eigenvalue weighted by molar-refractivity contribution is 5.71. The maximum Gasteiger partial charge on any atom is 0.307 e. The van der Waals surface area contributed by atoms with E-state index >= 15 is 0 Å². The van der Waals surface area contributed by atoms with Crippen molar-refractivity contribution in [1.82, 2.24) is 14.8 Å². The third kappa shape index (κ3) is 2.38. The van der Waals surface area contributed by atoms with Crippen LogP contribution in [0, 0.1) is 5.92 Å². The number of aromatic nitrogens is 3. The summed E-state index contributed by atoms with van der Waals surface area (Å²) in [4.78, 5) is 11.2. The van der Waals surface area contributed by atoms with Gasteiger partial charge in [0, 0.05) is 12.5 Å². The second kappa shape index (κ2) is 5.12. The van der Waals surface area contributed by atoms with E-state index in [9.17, 15) is 9.90 Å². The van der Waals surface area contributed by atoms with Gasteiger partial charge in [-0.2, -0.15) is 0 Å². The molecule has 92 valence electrons. The number of aliphatic carboxylic acids is 1. The molecule has 5 nitrogen and oxygen atoms in total. The summed E-state index contributed by atoms with van der Waals surface area (Å²) in [7, 11) is 0. The third-order valence-electron chi connectivity index (χ3n) is 3.19. The molecule has 0 bridgehead atoms. The number of carboxylic acid groups (broad SMARTS) is 1. The highest BCUT2D eigenvalue weighted by Crippen LogP contribution is 2.33. The zero-order valence-corrected chi connectivity index (χ0v) is 9.91. The van der Waals surface area contributed by atoms with Gasteiger partial charge in [-0.1, -0.05) is 19.1 Å². The molecule has 1 N–H and O–H groups in total. The quantitative estimate of drug-likeness (QED) is 0.808. The van der Waals surface area contributed by atoms with Gasteiger partial charge >= 0.3 is 5.97 Å². The van der Waals surface area contributed by atoms with E-state index in [0.717, 1.165) is 25.2 Å². The molecule has 0 aliphatic heterocycles. The average molecular weight is 235 g/mol. The van der Waals surface area contributed by atoms with Crippen LogP contribution < -0.4 is 0 Å². The van der Waals surface area contributed by atoms with Crippen molar-refractivity contribution < 1.29 is 9.90 Å². The van der Waals surface area contributed by atoms with E-state index in [1.165, 1.54) is 0 Å².